The van der Waals surface area contributed by atoms with E-state index < -0.39 is 0 Å². The number of hydrogen-bond acceptors (Lipinski definition) is 4. The first-order valence-corrected chi connectivity index (χ1v) is 8.02. The maximum atomic E-state index is 12.4. The third-order valence-corrected chi connectivity index (χ3v) is 4.23. The standard InChI is InChI=1S/C17H19ClN4O2/c1-13(23)21-6-8-22(9-7-21)17(24)15(10-19)12-20-11-14-4-2-3-5-16(14)18/h2-5,12,20H,6-9,11H2,1H3/b15-12-. The molecule has 0 unspecified atom stereocenters. The van der Waals surface area contributed by atoms with Gasteiger partial charge in [-0.05, 0) is 11.6 Å². The smallest absolute Gasteiger partial charge is 0.266 e. The average Bonchev–Trinajstić information content (AvgIpc) is 2.60. The van der Waals surface area contributed by atoms with E-state index in [9.17, 15) is 14.9 Å². The van der Waals surface area contributed by atoms with Crippen molar-refractivity contribution in [1.82, 2.24) is 15.1 Å². The molecule has 0 aliphatic carbocycles. The van der Waals surface area contributed by atoms with Crippen LogP contribution in [0.25, 0.3) is 0 Å². The number of halogens is 1. The molecule has 1 fully saturated rings. The number of piperazine rings is 1. The van der Waals surface area contributed by atoms with Crippen LogP contribution in [0, 0.1) is 11.3 Å². The Morgan fingerprint density at radius 2 is 1.88 bits per heavy atom. The van der Waals surface area contributed by atoms with Crippen LogP contribution in [0.5, 0.6) is 0 Å². The van der Waals surface area contributed by atoms with Gasteiger partial charge in [-0.25, -0.2) is 0 Å². The van der Waals surface area contributed by atoms with Crippen molar-refractivity contribution in [2.75, 3.05) is 26.2 Å². The fourth-order valence-corrected chi connectivity index (χ4v) is 2.64. The number of carbonyl (C=O) groups is 2. The number of hydrogen-bond donors (Lipinski definition) is 1. The maximum Gasteiger partial charge on any atom is 0.266 e. The van der Waals surface area contributed by atoms with Gasteiger partial charge in [-0.1, -0.05) is 29.8 Å². The summed E-state index contributed by atoms with van der Waals surface area (Å²) in [6.07, 6.45) is 1.42. The lowest BCUT2D eigenvalue weighted by molar-refractivity contribution is -0.136. The molecule has 1 aromatic carbocycles. The van der Waals surface area contributed by atoms with Gasteiger partial charge in [-0.3, -0.25) is 9.59 Å². The van der Waals surface area contributed by atoms with E-state index in [-0.39, 0.29) is 17.4 Å². The van der Waals surface area contributed by atoms with E-state index in [0.717, 1.165) is 5.56 Å². The van der Waals surface area contributed by atoms with Crippen LogP contribution in [0.1, 0.15) is 12.5 Å². The van der Waals surface area contributed by atoms with Crippen LogP contribution in [-0.2, 0) is 16.1 Å². The summed E-state index contributed by atoms with van der Waals surface area (Å²) in [5.74, 6) is -0.327. The molecule has 6 nitrogen and oxygen atoms in total. The first-order chi connectivity index (χ1) is 11.5. The lowest BCUT2D eigenvalue weighted by atomic mass is 10.2. The highest BCUT2D eigenvalue weighted by Crippen LogP contribution is 2.14. The van der Waals surface area contributed by atoms with Gasteiger partial charge in [-0.15, -0.1) is 0 Å². The Morgan fingerprint density at radius 3 is 2.46 bits per heavy atom. The molecule has 0 bridgehead atoms. The molecule has 1 saturated heterocycles. The van der Waals surface area contributed by atoms with Crippen molar-refractivity contribution in [3.8, 4) is 6.07 Å². The molecule has 2 rings (SSSR count). The SMILES string of the molecule is CC(=O)N1CCN(C(=O)/C(C#N)=C\NCc2ccccc2Cl)CC1. The summed E-state index contributed by atoms with van der Waals surface area (Å²) in [7, 11) is 0. The fourth-order valence-electron chi connectivity index (χ4n) is 2.44. The molecule has 1 aromatic rings. The largest absolute Gasteiger partial charge is 0.386 e. The highest BCUT2D eigenvalue weighted by Gasteiger charge is 2.24. The molecule has 0 radical (unpaired) electrons. The molecule has 126 valence electrons. The number of carbonyl (C=O) groups excluding carboxylic acids is 2. The van der Waals surface area contributed by atoms with Crippen molar-refractivity contribution < 1.29 is 9.59 Å². The summed E-state index contributed by atoms with van der Waals surface area (Å²) >= 11 is 6.06. The van der Waals surface area contributed by atoms with Crippen molar-refractivity contribution in [2.24, 2.45) is 0 Å². The van der Waals surface area contributed by atoms with Crippen molar-refractivity contribution in [2.45, 2.75) is 13.5 Å². The van der Waals surface area contributed by atoms with Gasteiger partial charge >= 0.3 is 0 Å². The van der Waals surface area contributed by atoms with Crippen LogP contribution in [0.15, 0.2) is 36.0 Å². The van der Waals surface area contributed by atoms with E-state index in [2.05, 4.69) is 5.32 Å². The summed E-state index contributed by atoms with van der Waals surface area (Å²) in [5.41, 5.74) is 0.925. The summed E-state index contributed by atoms with van der Waals surface area (Å²) in [4.78, 5) is 27.0. The van der Waals surface area contributed by atoms with Gasteiger partial charge in [0.25, 0.3) is 5.91 Å². The van der Waals surface area contributed by atoms with Gasteiger partial charge in [0, 0.05) is 50.9 Å². The van der Waals surface area contributed by atoms with Gasteiger partial charge in [-0.2, -0.15) is 5.26 Å². The first-order valence-electron chi connectivity index (χ1n) is 7.64. The second-order valence-electron chi connectivity index (χ2n) is 5.44. The highest BCUT2D eigenvalue weighted by atomic mass is 35.5. The number of nitrogens with one attached hydrogen (secondary N) is 1. The predicted octanol–water partition coefficient (Wildman–Crippen LogP) is 1.53. The molecular weight excluding hydrogens is 328 g/mol. The van der Waals surface area contributed by atoms with Crippen molar-refractivity contribution >= 4 is 23.4 Å². The molecule has 1 N–H and O–H groups in total. The van der Waals surface area contributed by atoms with E-state index in [1.54, 1.807) is 15.9 Å². The van der Waals surface area contributed by atoms with Gasteiger partial charge in [0.05, 0.1) is 0 Å². The van der Waals surface area contributed by atoms with E-state index >= 15 is 0 Å². The average molecular weight is 347 g/mol. The van der Waals surface area contributed by atoms with Gasteiger partial charge in [0.2, 0.25) is 5.91 Å². The number of nitriles is 1. The summed E-state index contributed by atoms with van der Waals surface area (Å²) in [6.45, 7) is 3.79. The topological polar surface area (TPSA) is 76.4 Å². The van der Waals surface area contributed by atoms with Crippen LogP contribution in [0.4, 0.5) is 0 Å². The zero-order chi connectivity index (χ0) is 17.5. The summed E-state index contributed by atoms with van der Waals surface area (Å²) in [6, 6.07) is 9.30. The maximum absolute atomic E-state index is 12.4. The normalized spacial score (nSPS) is 15.0. The van der Waals surface area contributed by atoms with Crippen LogP contribution < -0.4 is 5.32 Å². The molecule has 1 heterocycles. The second kappa shape index (κ2) is 8.37. The Morgan fingerprint density at radius 1 is 1.25 bits per heavy atom. The van der Waals surface area contributed by atoms with Gasteiger partial charge in [0.1, 0.15) is 11.6 Å². The van der Waals surface area contributed by atoms with Crippen molar-refractivity contribution in [3.05, 3.63) is 46.6 Å². The summed E-state index contributed by atoms with van der Waals surface area (Å²) < 4.78 is 0. The first kappa shape index (κ1) is 17.8. The molecule has 1 aliphatic rings. The molecule has 2 amide bonds. The number of rotatable bonds is 4. The Bertz CT molecular complexity index is 688. The third-order valence-electron chi connectivity index (χ3n) is 3.86. The van der Waals surface area contributed by atoms with Crippen molar-refractivity contribution in [3.63, 3.8) is 0 Å². The Kier molecular flexibility index (Phi) is 6.21. The predicted molar refractivity (Wildman–Crippen MR) is 90.8 cm³/mol. The monoisotopic (exact) mass is 346 g/mol. The van der Waals surface area contributed by atoms with E-state index in [4.69, 9.17) is 11.6 Å². The Labute approximate surface area is 146 Å². The highest BCUT2D eigenvalue weighted by molar-refractivity contribution is 6.31. The number of nitrogens with zero attached hydrogens (tertiary/aromatic N) is 3. The van der Waals surface area contributed by atoms with E-state index in [1.165, 1.54) is 13.1 Å². The second-order valence-corrected chi connectivity index (χ2v) is 5.85. The molecule has 24 heavy (non-hydrogen) atoms. The Balaban J connectivity index is 1.93. The molecule has 0 spiro atoms. The van der Waals surface area contributed by atoms with Crippen LogP contribution >= 0.6 is 11.6 Å². The Hall–Kier alpha value is -2.52. The molecule has 7 heteroatoms. The number of benzene rings is 1. The molecule has 1 aliphatic heterocycles. The van der Waals surface area contributed by atoms with Crippen molar-refractivity contribution in [1.29, 1.82) is 5.26 Å². The molecule has 0 saturated carbocycles. The van der Waals surface area contributed by atoms with Gasteiger partial charge < -0.3 is 15.1 Å². The third kappa shape index (κ3) is 4.49. The zero-order valence-electron chi connectivity index (χ0n) is 13.5. The summed E-state index contributed by atoms with van der Waals surface area (Å²) in [5, 5.41) is 12.8. The van der Waals surface area contributed by atoms with Gasteiger partial charge in [0.15, 0.2) is 0 Å². The van der Waals surface area contributed by atoms with Crippen LogP contribution in [-0.4, -0.2) is 47.8 Å². The lowest BCUT2D eigenvalue weighted by Crippen LogP contribution is -2.50. The molecular formula is C17H19ClN4O2. The molecule has 0 atom stereocenters. The quantitative estimate of drug-likeness (QED) is 0.662. The van der Waals surface area contributed by atoms with E-state index in [0.29, 0.717) is 37.7 Å². The fraction of sp³-hybridized carbons (Fsp3) is 0.353. The molecule has 0 aromatic heterocycles. The van der Waals surface area contributed by atoms with Crippen LogP contribution in [0.3, 0.4) is 0 Å². The minimum atomic E-state index is -0.327. The van der Waals surface area contributed by atoms with Crippen LogP contribution in [0.2, 0.25) is 5.02 Å². The number of amides is 2. The minimum Gasteiger partial charge on any atom is -0.386 e. The van der Waals surface area contributed by atoms with E-state index in [1.807, 2.05) is 24.3 Å². The minimum absolute atomic E-state index is 0.000413. The zero-order valence-corrected chi connectivity index (χ0v) is 14.2. The lowest BCUT2D eigenvalue weighted by Gasteiger charge is -2.34.